The molecule has 0 saturated carbocycles. The molecular weight excluding hydrogens is 186 g/mol. The average molecular weight is 193 g/mol. The molecule has 0 saturated heterocycles. The molecule has 0 spiro atoms. The van der Waals surface area contributed by atoms with Gasteiger partial charge in [-0.3, -0.25) is 9.97 Å². The zero-order valence-corrected chi connectivity index (χ0v) is 7.53. The number of hydrogen-bond donors (Lipinski definition) is 1. The first kappa shape index (κ1) is 8.06. The first-order chi connectivity index (χ1) is 6.45. The fraction of sp³-hybridized carbons (Fsp3) is 0.143. The van der Waals surface area contributed by atoms with Crippen LogP contribution in [0.4, 0.5) is 5.13 Å². The summed E-state index contributed by atoms with van der Waals surface area (Å²) in [5.41, 5.74) is 2.57. The Morgan fingerprint density at radius 2 is 2.38 bits per heavy atom. The van der Waals surface area contributed by atoms with Gasteiger partial charge in [0.2, 0.25) is 5.13 Å². The van der Waals surface area contributed by atoms with Crippen molar-refractivity contribution in [2.45, 2.75) is 6.54 Å². The van der Waals surface area contributed by atoms with E-state index < -0.39 is 0 Å². The lowest BCUT2D eigenvalue weighted by Crippen LogP contribution is -2.01. The quantitative estimate of drug-likeness (QED) is 0.786. The number of rotatable bonds is 3. The molecular formula is C7H7N5S. The highest BCUT2D eigenvalue weighted by Crippen LogP contribution is 2.08. The highest BCUT2D eigenvalue weighted by molar-refractivity contribution is 7.13. The van der Waals surface area contributed by atoms with Gasteiger partial charge in [0.15, 0.2) is 0 Å². The van der Waals surface area contributed by atoms with E-state index in [-0.39, 0.29) is 0 Å². The van der Waals surface area contributed by atoms with E-state index in [9.17, 15) is 0 Å². The van der Waals surface area contributed by atoms with Crippen LogP contribution in [0.15, 0.2) is 24.1 Å². The largest absolute Gasteiger partial charge is 0.354 e. The Balaban J connectivity index is 1.94. The van der Waals surface area contributed by atoms with Gasteiger partial charge in [-0.25, -0.2) is 0 Å². The van der Waals surface area contributed by atoms with Gasteiger partial charge in [0.1, 0.15) is 5.51 Å². The monoisotopic (exact) mass is 193 g/mol. The lowest BCUT2D eigenvalue weighted by Gasteiger charge is -1.99. The van der Waals surface area contributed by atoms with E-state index in [0.717, 1.165) is 10.8 Å². The lowest BCUT2D eigenvalue weighted by atomic mass is 10.4. The van der Waals surface area contributed by atoms with Gasteiger partial charge in [-0.1, -0.05) is 11.3 Å². The Labute approximate surface area is 78.9 Å². The first-order valence-electron chi connectivity index (χ1n) is 3.70. The smallest absolute Gasteiger partial charge is 0.205 e. The van der Waals surface area contributed by atoms with Crippen molar-refractivity contribution in [3.8, 4) is 0 Å². The maximum absolute atomic E-state index is 4.11. The van der Waals surface area contributed by atoms with Crippen molar-refractivity contribution in [2.24, 2.45) is 0 Å². The standard InChI is InChI=1S/C7H7N5S/c1-2-9-6(3-8-1)4-10-7-12-11-5-13-7/h1-3,5H,4H2,(H,10,12). The van der Waals surface area contributed by atoms with Gasteiger partial charge in [-0.2, -0.15) is 0 Å². The summed E-state index contributed by atoms with van der Waals surface area (Å²) in [6.07, 6.45) is 5.03. The third-order valence-corrected chi connectivity index (χ3v) is 2.05. The van der Waals surface area contributed by atoms with Crippen molar-refractivity contribution in [3.63, 3.8) is 0 Å². The van der Waals surface area contributed by atoms with Crippen LogP contribution in [0.2, 0.25) is 0 Å². The molecule has 1 N–H and O–H groups in total. The molecule has 0 aromatic carbocycles. The van der Waals surface area contributed by atoms with Crippen LogP contribution in [0.5, 0.6) is 0 Å². The van der Waals surface area contributed by atoms with Crippen molar-refractivity contribution < 1.29 is 0 Å². The van der Waals surface area contributed by atoms with Crippen LogP contribution < -0.4 is 5.32 Å². The van der Waals surface area contributed by atoms with Crippen LogP contribution in [-0.4, -0.2) is 20.2 Å². The molecule has 0 aliphatic carbocycles. The second-order valence-electron chi connectivity index (χ2n) is 2.29. The highest BCUT2D eigenvalue weighted by Gasteiger charge is 1.96. The predicted octanol–water partition coefficient (Wildman–Crippen LogP) is 0.940. The van der Waals surface area contributed by atoms with E-state index in [2.05, 4.69) is 25.5 Å². The molecule has 0 bridgehead atoms. The van der Waals surface area contributed by atoms with Gasteiger partial charge in [-0.15, -0.1) is 10.2 Å². The molecule has 0 radical (unpaired) electrons. The molecule has 0 fully saturated rings. The summed E-state index contributed by atoms with van der Waals surface area (Å²) < 4.78 is 0. The van der Waals surface area contributed by atoms with Crippen LogP contribution in [0.1, 0.15) is 5.69 Å². The van der Waals surface area contributed by atoms with Crippen LogP contribution in [-0.2, 0) is 6.54 Å². The summed E-state index contributed by atoms with van der Waals surface area (Å²) in [7, 11) is 0. The average Bonchev–Trinajstić information content (AvgIpc) is 2.69. The fourth-order valence-electron chi connectivity index (χ4n) is 0.838. The Bertz CT molecular complexity index is 346. The maximum atomic E-state index is 4.11. The van der Waals surface area contributed by atoms with Gasteiger partial charge in [-0.05, 0) is 0 Å². The predicted molar refractivity (Wildman–Crippen MR) is 49.3 cm³/mol. The molecule has 2 aromatic heterocycles. The molecule has 66 valence electrons. The van der Waals surface area contributed by atoms with Gasteiger partial charge in [0.25, 0.3) is 0 Å². The molecule has 2 rings (SSSR count). The minimum atomic E-state index is 0.628. The number of aromatic nitrogens is 4. The Morgan fingerprint density at radius 3 is 3.08 bits per heavy atom. The third kappa shape index (κ3) is 2.19. The van der Waals surface area contributed by atoms with E-state index in [1.54, 1.807) is 24.1 Å². The van der Waals surface area contributed by atoms with Gasteiger partial charge in [0, 0.05) is 12.4 Å². The lowest BCUT2D eigenvalue weighted by molar-refractivity contribution is 0.988. The molecule has 0 unspecified atom stereocenters. The van der Waals surface area contributed by atoms with E-state index in [4.69, 9.17) is 0 Å². The molecule has 2 aromatic rings. The van der Waals surface area contributed by atoms with Crippen molar-refractivity contribution in [1.82, 2.24) is 20.2 Å². The number of nitrogens with zero attached hydrogens (tertiary/aromatic N) is 4. The molecule has 2 heterocycles. The van der Waals surface area contributed by atoms with Crippen LogP contribution >= 0.6 is 11.3 Å². The Kier molecular flexibility index (Phi) is 2.42. The fourth-order valence-corrected chi connectivity index (χ4v) is 1.28. The van der Waals surface area contributed by atoms with Crippen molar-refractivity contribution in [3.05, 3.63) is 29.8 Å². The van der Waals surface area contributed by atoms with E-state index in [1.165, 1.54) is 11.3 Å². The minimum Gasteiger partial charge on any atom is -0.354 e. The SMILES string of the molecule is c1cnc(CNc2nncs2)cn1. The maximum Gasteiger partial charge on any atom is 0.205 e. The molecule has 5 nitrogen and oxygen atoms in total. The van der Waals surface area contributed by atoms with E-state index in [0.29, 0.717) is 6.54 Å². The zero-order valence-electron chi connectivity index (χ0n) is 6.71. The topological polar surface area (TPSA) is 63.6 Å². The summed E-state index contributed by atoms with van der Waals surface area (Å²) >= 11 is 1.46. The molecule has 0 aliphatic heterocycles. The summed E-state index contributed by atoms with van der Waals surface area (Å²) in [5.74, 6) is 0. The van der Waals surface area contributed by atoms with E-state index >= 15 is 0 Å². The van der Waals surface area contributed by atoms with Gasteiger partial charge < -0.3 is 5.32 Å². The van der Waals surface area contributed by atoms with Crippen molar-refractivity contribution >= 4 is 16.5 Å². The zero-order chi connectivity index (χ0) is 8.93. The normalized spacial score (nSPS) is 9.85. The van der Waals surface area contributed by atoms with E-state index in [1.807, 2.05) is 0 Å². The third-order valence-electron chi connectivity index (χ3n) is 1.40. The first-order valence-corrected chi connectivity index (χ1v) is 4.58. The van der Waals surface area contributed by atoms with Crippen LogP contribution in [0, 0.1) is 0 Å². The summed E-state index contributed by atoms with van der Waals surface area (Å²) in [4.78, 5) is 8.06. The van der Waals surface area contributed by atoms with Crippen molar-refractivity contribution in [2.75, 3.05) is 5.32 Å². The number of anilines is 1. The van der Waals surface area contributed by atoms with Gasteiger partial charge in [0.05, 0.1) is 18.4 Å². The van der Waals surface area contributed by atoms with Gasteiger partial charge >= 0.3 is 0 Å². The molecule has 13 heavy (non-hydrogen) atoms. The summed E-state index contributed by atoms with van der Waals surface area (Å²) in [6.45, 7) is 0.628. The summed E-state index contributed by atoms with van der Waals surface area (Å²) in [6, 6.07) is 0. The molecule has 6 heteroatoms. The second kappa shape index (κ2) is 3.90. The molecule has 0 aliphatic rings. The Hall–Kier alpha value is -1.56. The molecule has 0 amide bonds. The second-order valence-corrected chi connectivity index (χ2v) is 3.13. The summed E-state index contributed by atoms with van der Waals surface area (Å²) in [5, 5.41) is 11.4. The number of nitrogens with one attached hydrogen (secondary N) is 1. The van der Waals surface area contributed by atoms with Crippen LogP contribution in [0.25, 0.3) is 0 Å². The number of hydrogen-bond acceptors (Lipinski definition) is 6. The Morgan fingerprint density at radius 1 is 1.38 bits per heavy atom. The van der Waals surface area contributed by atoms with Crippen molar-refractivity contribution in [1.29, 1.82) is 0 Å². The highest BCUT2D eigenvalue weighted by atomic mass is 32.1. The molecule has 0 atom stereocenters. The van der Waals surface area contributed by atoms with Crippen LogP contribution in [0.3, 0.4) is 0 Å². The minimum absolute atomic E-state index is 0.628.